The van der Waals surface area contributed by atoms with Crippen LogP contribution in [0, 0.1) is 0 Å². The fourth-order valence-corrected chi connectivity index (χ4v) is 0. The summed E-state index contributed by atoms with van der Waals surface area (Å²) in [7, 11) is 0. The first-order valence-electron chi connectivity index (χ1n) is 0.682. The van der Waals surface area contributed by atoms with Crippen LogP contribution in [0.3, 0.4) is 0 Å². The first kappa shape index (κ1) is 5.06. The molecule has 0 aromatic rings. The summed E-state index contributed by atoms with van der Waals surface area (Å²) in [6, 6.07) is 0. The molecular formula is CClOY. The Labute approximate surface area is 49.1 Å². The van der Waals surface area contributed by atoms with E-state index in [2.05, 4.69) is 0 Å². The van der Waals surface area contributed by atoms with Gasteiger partial charge in [0.15, 0.2) is 0 Å². The summed E-state index contributed by atoms with van der Waals surface area (Å²) in [5.74, 6) is 0. The Morgan fingerprint density at radius 1 is 2.00 bits per heavy atom. The molecule has 0 unspecified atom stereocenters. The molecule has 0 atom stereocenters. The number of hydrogen-bond acceptors (Lipinski definition) is 1. The molecule has 0 fully saturated rings. The first-order valence-corrected chi connectivity index (χ1v) is 2.48. The van der Waals surface area contributed by atoms with E-state index in [9.17, 15) is 4.79 Å². The molecule has 3 heteroatoms. The second-order valence-corrected chi connectivity index (χ2v) is 2.87. The van der Waals surface area contributed by atoms with Crippen LogP contribution in [-0.2, 0) is 31.0 Å². The van der Waals surface area contributed by atoms with Crippen molar-refractivity contribution in [2.75, 3.05) is 0 Å². The number of rotatable bonds is 0. The molecule has 0 aliphatic carbocycles. The summed E-state index contributed by atoms with van der Waals surface area (Å²) in [6.45, 7) is 0. The van der Waals surface area contributed by atoms with E-state index in [0.29, 0.717) is 31.0 Å². The van der Waals surface area contributed by atoms with Crippen molar-refractivity contribution in [1.29, 1.82) is 0 Å². The van der Waals surface area contributed by atoms with E-state index in [1.807, 2.05) is 0 Å². The topological polar surface area (TPSA) is 17.1 Å². The minimum absolute atomic E-state index is 0.231. The normalized spacial score (nSPS) is 6.00. The predicted molar refractivity (Wildman–Crippen MR) is 11.2 cm³/mol. The summed E-state index contributed by atoms with van der Waals surface area (Å²) in [4.78, 5) is 9.27. The van der Waals surface area contributed by atoms with E-state index in [0.717, 1.165) is 0 Å². The number of carbonyl (C=O) groups excluding carboxylic acids is 1. The van der Waals surface area contributed by atoms with Crippen LogP contribution in [0.5, 0.6) is 0 Å². The van der Waals surface area contributed by atoms with Crippen molar-refractivity contribution in [2.24, 2.45) is 0 Å². The molecule has 0 radical (unpaired) electrons. The summed E-state index contributed by atoms with van der Waals surface area (Å²) in [5.41, 5.74) is 0. The molecule has 0 saturated carbocycles. The quantitative estimate of drug-likeness (QED) is 0.471. The van der Waals surface area contributed by atoms with Crippen molar-refractivity contribution in [1.82, 2.24) is 0 Å². The Bertz CT molecular complexity index is 31.0. The second-order valence-electron chi connectivity index (χ2n) is 0.304. The molecule has 0 aromatic heterocycles. The van der Waals surface area contributed by atoms with Gasteiger partial charge in [-0.1, -0.05) is 0 Å². The molecule has 4 heavy (non-hydrogen) atoms. The van der Waals surface area contributed by atoms with Crippen molar-refractivity contribution in [3.05, 3.63) is 0 Å². The molecule has 0 rings (SSSR count). The van der Waals surface area contributed by atoms with Crippen molar-refractivity contribution >= 4 is 13.7 Å². The molecular weight excluding hydrogens is 152 g/mol. The molecule has 1 nitrogen and oxygen atoms in total. The monoisotopic (exact) mass is 152 g/mol. The molecule has 0 spiro atoms. The molecule has 0 saturated heterocycles. The summed E-state index contributed by atoms with van der Waals surface area (Å²) in [6.07, 6.45) is 0. The zero-order valence-corrected chi connectivity index (χ0v) is 5.46. The molecule has 0 amide bonds. The van der Waals surface area contributed by atoms with Crippen LogP contribution in [0.4, 0.5) is 4.79 Å². The number of halogens is 1. The van der Waals surface area contributed by atoms with Crippen LogP contribution < -0.4 is 0 Å². The molecule has 0 N–H and O–H groups in total. The van der Waals surface area contributed by atoms with E-state index < -0.39 is 0 Å². The van der Waals surface area contributed by atoms with Gasteiger partial charge in [-0.3, -0.25) is 0 Å². The van der Waals surface area contributed by atoms with E-state index in [-0.39, 0.29) is 2.05 Å². The Hall–Kier alpha value is 1.06. The van der Waals surface area contributed by atoms with Crippen LogP contribution >= 0.6 is 11.6 Å². The Kier molecular flexibility index (Phi) is 2.92. The van der Waals surface area contributed by atoms with Gasteiger partial charge in [-0.05, 0) is 0 Å². The van der Waals surface area contributed by atoms with Gasteiger partial charge in [-0.15, -0.1) is 0 Å². The van der Waals surface area contributed by atoms with Gasteiger partial charge in [0.05, 0.1) is 0 Å². The van der Waals surface area contributed by atoms with Gasteiger partial charge in [-0.2, -0.15) is 0 Å². The van der Waals surface area contributed by atoms with E-state index in [1.165, 1.54) is 0 Å². The van der Waals surface area contributed by atoms with Crippen LogP contribution in [0.15, 0.2) is 0 Å². The van der Waals surface area contributed by atoms with Gasteiger partial charge < -0.3 is 0 Å². The summed E-state index contributed by atoms with van der Waals surface area (Å²) in [5, 5.41) is 0. The Balaban J connectivity index is 2.80. The Morgan fingerprint density at radius 3 is 2.00 bits per heavy atom. The molecule has 0 aromatic carbocycles. The molecule has 20 valence electrons. The third-order valence-corrected chi connectivity index (χ3v) is 0. The number of carbonyl (C=O) groups is 1. The fourth-order valence-electron chi connectivity index (χ4n) is 0. The van der Waals surface area contributed by atoms with Gasteiger partial charge in [0.25, 0.3) is 0 Å². The van der Waals surface area contributed by atoms with E-state index in [1.54, 1.807) is 0 Å². The van der Waals surface area contributed by atoms with Gasteiger partial charge in [0.1, 0.15) is 0 Å². The standard InChI is InChI=1S/CClO.Y/c2-1-3;. The SMILES string of the molecule is O=[C](Cl)[Y]. The molecule has 0 aliphatic heterocycles. The fraction of sp³-hybridized carbons (Fsp3) is 0. The van der Waals surface area contributed by atoms with E-state index in [4.69, 9.17) is 11.6 Å². The molecule has 0 bridgehead atoms. The van der Waals surface area contributed by atoms with Gasteiger partial charge in [-0.25, -0.2) is 0 Å². The van der Waals surface area contributed by atoms with Crippen LogP contribution in [0.1, 0.15) is 0 Å². The molecule has 0 aliphatic rings. The minimum atomic E-state index is -0.231. The first-order chi connectivity index (χ1) is 1.73. The Morgan fingerprint density at radius 2 is 2.00 bits per heavy atom. The zero-order valence-electron chi connectivity index (χ0n) is 1.86. The number of hydrogen-bond donors (Lipinski definition) is 0. The third-order valence-electron chi connectivity index (χ3n) is 0. The second kappa shape index (κ2) is 2.31. The summed E-state index contributed by atoms with van der Waals surface area (Å²) >= 11 is 5.22. The average molecular weight is 152 g/mol. The molecule has 0 heterocycles. The van der Waals surface area contributed by atoms with Crippen molar-refractivity contribution < 1.29 is 35.7 Å². The van der Waals surface area contributed by atoms with Crippen LogP contribution in [0.25, 0.3) is 0 Å². The maximum absolute atomic E-state index is 9.27. The third kappa shape index (κ3) is 11.5. The summed E-state index contributed by atoms with van der Waals surface area (Å²) < 4.78 is -0.231. The van der Waals surface area contributed by atoms with Crippen LogP contribution in [0.2, 0.25) is 0 Å². The van der Waals surface area contributed by atoms with Crippen molar-refractivity contribution in [3.8, 4) is 0 Å². The van der Waals surface area contributed by atoms with Crippen LogP contribution in [-0.4, -0.2) is 2.05 Å². The van der Waals surface area contributed by atoms with E-state index >= 15 is 0 Å². The van der Waals surface area contributed by atoms with Gasteiger partial charge in [0, 0.05) is 0 Å². The van der Waals surface area contributed by atoms with Crippen molar-refractivity contribution in [3.63, 3.8) is 0 Å². The predicted octanol–water partition coefficient (Wildman–Crippen LogP) is 0.892. The maximum atomic E-state index is 9.27. The van der Waals surface area contributed by atoms with Gasteiger partial charge >= 0.3 is 49.4 Å². The average Bonchev–Trinajstić information content (AvgIpc) is 0.811. The van der Waals surface area contributed by atoms with Crippen molar-refractivity contribution in [2.45, 2.75) is 0 Å². The zero-order chi connectivity index (χ0) is 3.58. The van der Waals surface area contributed by atoms with Gasteiger partial charge in [0.2, 0.25) is 0 Å².